The molecule has 0 saturated heterocycles. The molecule has 0 spiro atoms. The second-order valence-electron chi connectivity index (χ2n) is 5.40. The second kappa shape index (κ2) is 8.95. The van der Waals surface area contributed by atoms with Gasteiger partial charge in [-0.15, -0.1) is 11.3 Å². The number of carbonyl (C=O) groups excluding carboxylic acids is 2. The second-order valence-corrected chi connectivity index (χ2v) is 6.26. The Morgan fingerprint density at radius 1 is 1.22 bits per heavy atom. The molecule has 140 valence electrons. The van der Waals surface area contributed by atoms with Crippen LogP contribution in [0.2, 0.25) is 0 Å². The van der Waals surface area contributed by atoms with Gasteiger partial charge >= 0.3 is 0 Å². The van der Waals surface area contributed by atoms with Gasteiger partial charge in [0.2, 0.25) is 5.91 Å². The van der Waals surface area contributed by atoms with Gasteiger partial charge in [0, 0.05) is 5.38 Å². The molecule has 0 atom stereocenters. The minimum atomic E-state index is -0.400. The molecule has 27 heavy (non-hydrogen) atoms. The van der Waals surface area contributed by atoms with Crippen LogP contribution in [-0.4, -0.2) is 29.9 Å². The Kier molecular flexibility index (Phi) is 6.16. The molecule has 9 heteroatoms. The predicted octanol–water partition coefficient (Wildman–Crippen LogP) is 2.87. The first-order valence-electron chi connectivity index (χ1n) is 8.04. The van der Waals surface area contributed by atoms with Crippen LogP contribution in [0.5, 0.6) is 5.75 Å². The number of nitrogens with zero attached hydrogens (tertiary/aromatic N) is 1. The predicted molar refractivity (Wildman–Crippen MR) is 97.4 cm³/mol. The fraction of sp³-hybridized carbons (Fsp3) is 0.167. The maximum atomic E-state index is 12.8. The first-order valence-corrected chi connectivity index (χ1v) is 8.92. The van der Waals surface area contributed by atoms with Gasteiger partial charge in [-0.25, -0.2) is 9.37 Å². The van der Waals surface area contributed by atoms with E-state index in [1.807, 2.05) is 0 Å². The standard InChI is InChI=1S/C18H16FN3O4S/c19-12-3-5-14(6-4-12)25-9-7-20-16(23)10-13-11-27-18(21-13)22-17(24)15-2-1-8-26-15/h1-6,8,11H,7,9-10H2,(H,20,23)(H,21,22,24). The number of amides is 2. The highest BCUT2D eigenvalue weighted by molar-refractivity contribution is 7.14. The van der Waals surface area contributed by atoms with E-state index < -0.39 is 5.91 Å². The topological polar surface area (TPSA) is 93.5 Å². The summed E-state index contributed by atoms with van der Waals surface area (Å²) in [4.78, 5) is 28.0. The first-order chi connectivity index (χ1) is 13.1. The Balaban J connectivity index is 1.38. The normalized spacial score (nSPS) is 10.4. The molecule has 3 aromatic rings. The van der Waals surface area contributed by atoms with E-state index in [1.54, 1.807) is 17.5 Å². The van der Waals surface area contributed by atoms with E-state index in [4.69, 9.17) is 9.15 Å². The minimum Gasteiger partial charge on any atom is -0.492 e. The summed E-state index contributed by atoms with van der Waals surface area (Å²) >= 11 is 1.22. The molecule has 2 aromatic heterocycles. The number of aromatic nitrogens is 1. The van der Waals surface area contributed by atoms with Gasteiger partial charge in [0.1, 0.15) is 18.2 Å². The van der Waals surface area contributed by atoms with E-state index in [9.17, 15) is 14.0 Å². The zero-order valence-corrected chi connectivity index (χ0v) is 14.9. The number of halogens is 1. The van der Waals surface area contributed by atoms with Gasteiger partial charge < -0.3 is 14.5 Å². The Labute approximate surface area is 158 Å². The summed E-state index contributed by atoms with van der Waals surface area (Å²) in [5.74, 6) is -0.235. The smallest absolute Gasteiger partial charge is 0.293 e. The van der Waals surface area contributed by atoms with E-state index in [-0.39, 0.29) is 30.5 Å². The van der Waals surface area contributed by atoms with Crippen LogP contribution < -0.4 is 15.4 Å². The summed E-state index contributed by atoms with van der Waals surface area (Å²) in [6.07, 6.45) is 1.50. The van der Waals surface area contributed by atoms with Crippen LogP contribution >= 0.6 is 11.3 Å². The van der Waals surface area contributed by atoms with Crippen LogP contribution in [0.3, 0.4) is 0 Å². The van der Waals surface area contributed by atoms with Crippen molar-refractivity contribution in [2.24, 2.45) is 0 Å². The summed E-state index contributed by atoms with van der Waals surface area (Å²) in [5.41, 5.74) is 0.548. The molecule has 7 nitrogen and oxygen atoms in total. The van der Waals surface area contributed by atoms with Crippen molar-refractivity contribution in [1.82, 2.24) is 10.3 Å². The van der Waals surface area contributed by atoms with Crippen molar-refractivity contribution in [2.45, 2.75) is 6.42 Å². The molecule has 2 amide bonds. The Hall–Kier alpha value is -3.20. The first kappa shape index (κ1) is 18.6. The maximum absolute atomic E-state index is 12.8. The third-order valence-corrected chi connectivity index (χ3v) is 4.17. The minimum absolute atomic E-state index is 0.0870. The molecule has 0 aliphatic carbocycles. The number of hydrogen-bond acceptors (Lipinski definition) is 6. The molecular weight excluding hydrogens is 373 g/mol. The molecule has 0 aliphatic heterocycles. The van der Waals surface area contributed by atoms with Gasteiger partial charge in [0.05, 0.1) is 24.9 Å². The summed E-state index contributed by atoms with van der Waals surface area (Å²) in [6.45, 7) is 0.571. The number of carbonyl (C=O) groups is 2. The summed E-state index contributed by atoms with van der Waals surface area (Å²) in [6, 6.07) is 8.81. The van der Waals surface area contributed by atoms with Gasteiger partial charge in [-0.2, -0.15) is 0 Å². The summed E-state index contributed by atoms with van der Waals surface area (Å²) in [7, 11) is 0. The summed E-state index contributed by atoms with van der Waals surface area (Å²) in [5, 5.41) is 7.41. The molecule has 0 bridgehead atoms. The molecule has 0 saturated carbocycles. The number of anilines is 1. The average molecular weight is 389 g/mol. The highest BCUT2D eigenvalue weighted by atomic mass is 32.1. The molecule has 1 aromatic carbocycles. The SMILES string of the molecule is O=C(Cc1csc(NC(=O)c2ccco2)n1)NCCOc1ccc(F)cc1. The van der Waals surface area contributed by atoms with Gasteiger partial charge in [0.15, 0.2) is 10.9 Å². The van der Waals surface area contributed by atoms with Crippen LogP contribution in [0, 0.1) is 5.82 Å². The van der Waals surface area contributed by atoms with Gasteiger partial charge in [-0.1, -0.05) is 0 Å². The molecule has 0 aliphatic rings. The molecule has 0 fully saturated rings. The van der Waals surface area contributed by atoms with Crippen LogP contribution in [-0.2, 0) is 11.2 Å². The van der Waals surface area contributed by atoms with Gasteiger partial charge in [-0.05, 0) is 36.4 Å². The van der Waals surface area contributed by atoms with Crippen molar-refractivity contribution in [2.75, 3.05) is 18.5 Å². The van der Waals surface area contributed by atoms with Crippen LogP contribution in [0.25, 0.3) is 0 Å². The Morgan fingerprint density at radius 2 is 2.04 bits per heavy atom. The van der Waals surface area contributed by atoms with Crippen LogP contribution in [0.4, 0.5) is 9.52 Å². The lowest BCUT2D eigenvalue weighted by Gasteiger charge is -2.07. The molecule has 2 heterocycles. The number of furan rings is 1. The number of hydrogen-bond donors (Lipinski definition) is 2. The van der Waals surface area contributed by atoms with Gasteiger partial charge in [0.25, 0.3) is 5.91 Å². The van der Waals surface area contributed by atoms with Crippen molar-refractivity contribution < 1.29 is 23.1 Å². The van der Waals surface area contributed by atoms with Crippen molar-refractivity contribution >= 4 is 28.3 Å². The van der Waals surface area contributed by atoms with E-state index in [0.717, 1.165) is 0 Å². The zero-order valence-electron chi connectivity index (χ0n) is 14.1. The fourth-order valence-corrected chi connectivity index (χ4v) is 2.83. The summed E-state index contributed by atoms with van der Waals surface area (Å²) < 4.78 is 23.2. The molecule has 3 rings (SSSR count). The molecular formula is C18H16FN3O4S. The Morgan fingerprint density at radius 3 is 2.78 bits per heavy atom. The average Bonchev–Trinajstić information content (AvgIpc) is 3.32. The molecule has 2 N–H and O–H groups in total. The van der Waals surface area contributed by atoms with E-state index in [0.29, 0.717) is 23.1 Å². The van der Waals surface area contributed by atoms with Crippen molar-refractivity contribution in [3.05, 3.63) is 65.3 Å². The van der Waals surface area contributed by atoms with E-state index in [2.05, 4.69) is 15.6 Å². The van der Waals surface area contributed by atoms with Crippen molar-refractivity contribution in [3.8, 4) is 5.75 Å². The quantitative estimate of drug-likeness (QED) is 0.578. The van der Waals surface area contributed by atoms with Crippen molar-refractivity contribution in [1.29, 1.82) is 0 Å². The largest absolute Gasteiger partial charge is 0.492 e. The number of thiazole rings is 1. The lowest BCUT2D eigenvalue weighted by atomic mass is 10.3. The maximum Gasteiger partial charge on any atom is 0.293 e. The molecule has 0 unspecified atom stereocenters. The number of nitrogens with one attached hydrogen (secondary N) is 2. The molecule has 0 radical (unpaired) electrons. The van der Waals surface area contributed by atoms with Gasteiger partial charge in [-0.3, -0.25) is 14.9 Å². The third-order valence-electron chi connectivity index (χ3n) is 3.37. The highest BCUT2D eigenvalue weighted by Gasteiger charge is 2.12. The van der Waals surface area contributed by atoms with E-state index >= 15 is 0 Å². The lowest BCUT2D eigenvalue weighted by molar-refractivity contribution is -0.120. The fourth-order valence-electron chi connectivity index (χ4n) is 2.13. The highest BCUT2D eigenvalue weighted by Crippen LogP contribution is 2.17. The van der Waals surface area contributed by atoms with E-state index in [1.165, 1.54) is 41.9 Å². The van der Waals surface area contributed by atoms with Crippen LogP contribution in [0.1, 0.15) is 16.2 Å². The third kappa shape index (κ3) is 5.65. The zero-order chi connectivity index (χ0) is 19.1. The number of ether oxygens (including phenoxy) is 1. The van der Waals surface area contributed by atoms with Crippen LogP contribution in [0.15, 0.2) is 52.5 Å². The number of rotatable bonds is 8. The number of benzene rings is 1. The Bertz CT molecular complexity index is 894. The van der Waals surface area contributed by atoms with Crippen molar-refractivity contribution in [3.63, 3.8) is 0 Å². The lowest BCUT2D eigenvalue weighted by Crippen LogP contribution is -2.29. The monoisotopic (exact) mass is 389 g/mol.